The number of hydrazone groups is 1. The zero-order valence-electron chi connectivity index (χ0n) is 17.6. The van der Waals surface area contributed by atoms with Gasteiger partial charge in [-0.2, -0.15) is 5.10 Å². The smallest absolute Gasteiger partial charge is 0.191 e. The molecule has 0 aliphatic carbocycles. The van der Waals surface area contributed by atoms with Gasteiger partial charge in [0.05, 0.1) is 13.3 Å². The van der Waals surface area contributed by atoms with Crippen molar-refractivity contribution in [2.75, 3.05) is 12.4 Å². The lowest BCUT2D eigenvalue weighted by molar-refractivity contribution is 0.284. The Morgan fingerprint density at radius 1 is 1.06 bits per heavy atom. The van der Waals surface area contributed by atoms with E-state index in [2.05, 4.69) is 28.8 Å². The Hall–Kier alpha value is -3.09. The first-order chi connectivity index (χ1) is 15.0. The second-order valence-corrected chi connectivity index (χ2v) is 7.68. The maximum atomic E-state index is 6.19. The molecule has 0 saturated carbocycles. The van der Waals surface area contributed by atoms with Gasteiger partial charge in [-0.3, -0.25) is 5.43 Å². The number of nitrogens with zero attached hydrogens (tertiary/aromatic N) is 1. The Morgan fingerprint density at radius 2 is 1.87 bits per heavy atom. The molecule has 0 saturated heterocycles. The molecule has 2 N–H and O–H groups in total. The Labute approximate surface area is 193 Å². The molecule has 160 valence electrons. The molecular formula is C24H24ClN3O2S. The summed E-state index contributed by atoms with van der Waals surface area (Å²) in [6.07, 6.45) is 1.66. The molecule has 3 rings (SSSR count). The van der Waals surface area contributed by atoms with E-state index in [0.29, 0.717) is 28.2 Å². The minimum absolute atomic E-state index is 0.351. The van der Waals surface area contributed by atoms with Crippen LogP contribution in [0.4, 0.5) is 5.69 Å². The van der Waals surface area contributed by atoms with Crippen LogP contribution in [0.3, 0.4) is 0 Å². The van der Waals surface area contributed by atoms with Crippen LogP contribution in [-0.4, -0.2) is 18.4 Å². The van der Waals surface area contributed by atoms with E-state index in [1.165, 1.54) is 5.56 Å². The normalized spacial score (nSPS) is 10.7. The monoisotopic (exact) mass is 453 g/mol. The van der Waals surface area contributed by atoms with E-state index in [-0.39, 0.29) is 0 Å². The Kier molecular flexibility index (Phi) is 7.87. The van der Waals surface area contributed by atoms with Gasteiger partial charge < -0.3 is 14.8 Å². The molecule has 0 bridgehead atoms. The molecule has 0 atom stereocenters. The summed E-state index contributed by atoms with van der Waals surface area (Å²) in [5.74, 6) is 1.23. The Bertz CT molecular complexity index is 1100. The molecule has 0 fully saturated rings. The van der Waals surface area contributed by atoms with Crippen LogP contribution in [0.25, 0.3) is 0 Å². The molecule has 0 aromatic heterocycles. The minimum Gasteiger partial charge on any atom is -0.493 e. The van der Waals surface area contributed by atoms with Crippen molar-refractivity contribution in [3.05, 3.63) is 87.9 Å². The number of nitrogens with one attached hydrogen (secondary N) is 2. The zero-order chi connectivity index (χ0) is 22.2. The van der Waals surface area contributed by atoms with Crippen LogP contribution >= 0.6 is 23.8 Å². The molecule has 0 radical (unpaired) electrons. The molecule has 0 aliphatic heterocycles. The first-order valence-corrected chi connectivity index (χ1v) is 10.5. The number of rotatable bonds is 7. The number of hydrogen-bond donors (Lipinski definition) is 2. The molecule has 0 spiro atoms. The zero-order valence-corrected chi connectivity index (χ0v) is 19.2. The van der Waals surface area contributed by atoms with Crippen molar-refractivity contribution in [2.24, 2.45) is 5.10 Å². The van der Waals surface area contributed by atoms with E-state index in [1.54, 1.807) is 13.3 Å². The van der Waals surface area contributed by atoms with Crippen molar-refractivity contribution >= 4 is 40.8 Å². The van der Waals surface area contributed by atoms with Gasteiger partial charge in [-0.05, 0) is 73.1 Å². The maximum absolute atomic E-state index is 6.19. The van der Waals surface area contributed by atoms with Crippen molar-refractivity contribution in [1.29, 1.82) is 0 Å². The number of methoxy groups -OCH3 is 1. The summed E-state index contributed by atoms with van der Waals surface area (Å²) in [5, 5.41) is 8.45. The summed E-state index contributed by atoms with van der Waals surface area (Å²) in [6.45, 7) is 4.46. The van der Waals surface area contributed by atoms with E-state index >= 15 is 0 Å². The number of anilines is 1. The lowest BCUT2D eigenvalue weighted by Gasteiger charge is -2.12. The Morgan fingerprint density at radius 3 is 2.65 bits per heavy atom. The van der Waals surface area contributed by atoms with Crippen molar-refractivity contribution in [3.63, 3.8) is 0 Å². The first kappa shape index (κ1) is 22.6. The summed E-state index contributed by atoms with van der Waals surface area (Å²) in [6, 6.07) is 19.2. The van der Waals surface area contributed by atoms with E-state index in [0.717, 1.165) is 22.4 Å². The average molecular weight is 454 g/mol. The van der Waals surface area contributed by atoms with Crippen LogP contribution in [0.15, 0.2) is 65.8 Å². The third-order valence-corrected chi connectivity index (χ3v) is 5.32. The van der Waals surface area contributed by atoms with E-state index < -0.39 is 0 Å². The van der Waals surface area contributed by atoms with Crippen molar-refractivity contribution in [3.8, 4) is 11.5 Å². The van der Waals surface area contributed by atoms with Gasteiger partial charge in [0.1, 0.15) is 6.61 Å². The van der Waals surface area contributed by atoms with Crippen LogP contribution in [-0.2, 0) is 6.61 Å². The van der Waals surface area contributed by atoms with Gasteiger partial charge >= 0.3 is 0 Å². The van der Waals surface area contributed by atoms with Crippen LogP contribution in [0.5, 0.6) is 11.5 Å². The number of thiocarbonyl (C=S) groups is 1. The van der Waals surface area contributed by atoms with Crippen molar-refractivity contribution in [2.45, 2.75) is 20.5 Å². The minimum atomic E-state index is 0.351. The number of halogens is 1. The van der Waals surface area contributed by atoms with Crippen LogP contribution < -0.4 is 20.2 Å². The van der Waals surface area contributed by atoms with Gasteiger partial charge in [-0.25, -0.2) is 0 Å². The first-order valence-electron chi connectivity index (χ1n) is 9.68. The highest BCUT2D eigenvalue weighted by atomic mass is 35.5. The lowest BCUT2D eigenvalue weighted by atomic mass is 10.1. The molecule has 7 heteroatoms. The highest BCUT2D eigenvalue weighted by Gasteiger charge is 2.07. The van der Waals surface area contributed by atoms with E-state index in [1.807, 2.05) is 61.5 Å². The summed E-state index contributed by atoms with van der Waals surface area (Å²) in [7, 11) is 1.60. The number of benzene rings is 3. The molecule has 0 unspecified atom stereocenters. The molecule has 0 aliphatic rings. The van der Waals surface area contributed by atoms with Gasteiger partial charge in [-0.15, -0.1) is 0 Å². The molecule has 0 heterocycles. The molecule has 3 aromatic carbocycles. The second-order valence-electron chi connectivity index (χ2n) is 6.86. The standard InChI is InChI=1S/C24H24ClN3O2S/c1-16-7-6-10-21(17(16)2)27-24(31)28-26-14-18-11-12-22(23(13-18)29-3)30-15-19-8-4-5-9-20(19)25/h4-14H,15H2,1-3H3,(H2,27,28,31). The predicted molar refractivity (Wildman–Crippen MR) is 132 cm³/mol. The fourth-order valence-corrected chi connectivity index (χ4v) is 3.21. The number of ether oxygens (including phenoxy) is 2. The predicted octanol–water partition coefficient (Wildman–Crippen LogP) is 5.86. The SMILES string of the molecule is COc1cc(C=NNC(=S)Nc2cccc(C)c2C)ccc1OCc1ccccc1Cl. The van der Waals surface area contributed by atoms with Gasteiger partial charge in [0.15, 0.2) is 16.6 Å². The van der Waals surface area contributed by atoms with Gasteiger partial charge in [0, 0.05) is 16.3 Å². The van der Waals surface area contributed by atoms with Gasteiger partial charge in [0.25, 0.3) is 0 Å². The largest absolute Gasteiger partial charge is 0.493 e. The second kappa shape index (κ2) is 10.8. The van der Waals surface area contributed by atoms with Crippen molar-refractivity contribution in [1.82, 2.24) is 5.43 Å². The molecular weight excluding hydrogens is 430 g/mol. The number of aryl methyl sites for hydroxylation is 1. The topological polar surface area (TPSA) is 54.9 Å². The third-order valence-electron chi connectivity index (χ3n) is 4.76. The molecule has 31 heavy (non-hydrogen) atoms. The highest BCUT2D eigenvalue weighted by molar-refractivity contribution is 7.80. The third kappa shape index (κ3) is 6.20. The maximum Gasteiger partial charge on any atom is 0.191 e. The number of hydrogen-bond acceptors (Lipinski definition) is 4. The van der Waals surface area contributed by atoms with Crippen molar-refractivity contribution < 1.29 is 9.47 Å². The van der Waals surface area contributed by atoms with E-state index in [4.69, 9.17) is 33.3 Å². The fraction of sp³-hybridized carbons (Fsp3) is 0.167. The summed E-state index contributed by atoms with van der Waals surface area (Å²) < 4.78 is 11.3. The highest BCUT2D eigenvalue weighted by Crippen LogP contribution is 2.29. The summed E-state index contributed by atoms with van der Waals surface area (Å²) in [4.78, 5) is 0. The van der Waals surface area contributed by atoms with E-state index in [9.17, 15) is 0 Å². The fourth-order valence-electron chi connectivity index (χ4n) is 2.86. The van der Waals surface area contributed by atoms with Gasteiger partial charge in [-0.1, -0.05) is 41.9 Å². The molecule has 5 nitrogen and oxygen atoms in total. The lowest BCUT2D eigenvalue weighted by Crippen LogP contribution is -2.24. The average Bonchev–Trinajstić information content (AvgIpc) is 2.77. The van der Waals surface area contributed by atoms with Gasteiger partial charge in [0.2, 0.25) is 0 Å². The Balaban J connectivity index is 1.60. The summed E-state index contributed by atoms with van der Waals surface area (Å²) in [5.41, 5.74) is 7.87. The van der Waals surface area contributed by atoms with Crippen LogP contribution in [0, 0.1) is 13.8 Å². The summed E-state index contributed by atoms with van der Waals surface area (Å²) >= 11 is 11.5. The molecule has 3 aromatic rings. The quantitative estimate of drug-likeness (QED) is 0.266. The van der Waals surface area contributed by atoms with Crippen LogP contribution in [0.2, 0.25) is 5.02 Å². The van der Waals surface area contributed by atoms with Crippen LogP contribution in [0.1, 0.15) is 22.3 Å². The molecule has 0 amide bonds.